The van der Waals surface area contributed by atoms with Gasteiger partial charge in [0.15, 0.2) is 5.82 Å². The molecule has 0 unspecified atom stereocenters. The first-order valence-electron chi connectivity index (χ1n) is 14.5. The van der Waals surface area contributed by atoms with Crippen LogP contribution in [0.3, 0.4) is 0 Å². The fraction of sp³-hybridized carbons (Fsp3) is 0.516. The van der Waals surface area contributed by atoms with Crippen LogP contribution in [0.4, 0.5) is 28.1 Å². The molecule has 2 amide bonds. The number of hydrogen-bond donors (Lipinski definition) is 3. The molecule has 12 heteroatoms. The Labute approximate surface area is 254 Å². The van der Waals surface area contributed by atoms with Gasteiger partial charge in [0.2, 0.25) is 11.9 Å². The van der Waals surface area contributed by atoms with Crippen LogP contribution in [0.5, 0.6) is 0 Å². The first-order chi connectivity index (χ1) is 20.3. The van der Waals surface area contributed by atoms with Crippen molar-refractivity contribution in [1.29, 1.82) is 0 Å². The number of ether oxygens (including phenoxy) is 1. The molecule has 1 aromatic carbocycles. The highest BCUT2D eigenvalue weighted by Crippen LogP contribution is 2.28. The van der Waals surface area contributed by atoms with Crippen molar-refractivity contribution < 1.29 is 14.3 Å². The van der Waals surface area contributed by atoms with Gasteiger partial charge in [-0.05, 0) is 58.7 Å². The summed E-state index contributed by atoms with van der Waals surface area (Å²) in [4.78, 5) is 37.2. The Balaban J connectivity index is 1.60. The highest BCUT2D eigenvalue weighted by Gasteiger charge is 2.26. The van der Waals surface area contributed by atoms with Gasteiger partial charge in [-0.2, -0.15) is 10.1 Å². The smallest absolute Gasteiger partial charge is 0.410 e. The monoisotopic (exact) mass is 591 g/mol. The average Bonchev–Trinajstić information content (AvgIpc) is 3.28. The van der Waals surface area contributed by atoms with E-state index in [1.165, 1.54) is 4.90 Å². The molecule has 0 aliphatic carbocycles. The van der Waals surface area contributed by atoms with E-state index in [2.05, 4.69) is 44.8 Å². The number of rotatable bonds is 11. The molecular weight excluding hydrogens is 546 g/mol. The van der Waals surface area contributed by atoms with E-state index < -0.39 is 17.7 Å². The van der Waals surface area contributed by atoms with Crippen LogP contribution in [0, 0.1) is 11.8 Å². The number of unbranched alkanes of at least 4 members (excludes halogenated alkanes) is 1. The number of benzene rings is 1. The summed E-state index contributed by atoms with van der Waals surface area (Å²) in [6, 6.07) is 5.40. The zero-order valence-corrected chi connectivity index (χ0v) is 26.8. The third-order valence-electron chi connectivity index (χ3n) is 6.48. The number of aryl methyl sites for hydroxylation is 1. The van der Waals surface area contributed by atoms with Crippen LogP contribution in [0.15, 0.2) is 24.4 Å². The maximum atomic E-state index is 12.5. The molecule has 2 aromatic heterocycles. The normalized spacial score (nSPS) is 11.7. The van der Waals surface area contributed by atoms with Gasteiger partial charge in [0.05, 0.1) is 17.3 Å². The van der Waals surface area contributed by atoms with Crippen molar-refractivity contribution in [3.8, 4) is 11.8 Å². The summed E-state index contributed by atoms with van der Waals surface area (Å²) in [6.07, 6.45) is 3.34. The number of nitrogens with zero attached hydrogens (tertiary/aromatic N) is 6. The molecule has 3 N–H and O–H groups in total. The highest BCUT2D eigenvalue weighted by atomic mass is 16.6. The van der Waals surface area contributed by atoms with Crippen molar-refractivity contribution >= 4 is 46.2 Å². The van der Waals surface area contributed by atoms with E-state index in [4.69, 9.17) is 9.72 Å². The summed E-state index contributed by atoms with van der Waals surface area (Å²) >= 11 is 0. The van der Waals surface area contributed by atoms with Gasteiger partial charge in [-0.25, -0.2) is 9.78 Å². The number of hydrogen-bond acceptors (Lipinski definition) is 9. The first kappa shape index (κ1) is 33.0. The predicted molar refractivity (Wildman–Crippen MR) is 172 cm³/mol. The molecule has 3 rings (SSSR count). The molecule has 0 saturated heterocycles. The Morgan fingerprint density at radius 2 is 1.91 bits per heavy atom. The van der Waals surface area contributed by atoms with Gasteiger partial charge in [0.1, 0.15) is 17.5 Å². The molecule has 2 heterocycles. The lowest BCUT2D eigenvalue weighted by Gasteiger charge is -2.28. The van der Waals surface area contributed by atoms with Gasteiger partial charge in [-0.3, -0.25) is 14.4 Å². The third-order valence-corrected chi connectivity index (χ3v) is 6.48. The molecule has 0 fully saturated rings. The summed E-state index contributed by atoms with van der Waals surface area (Å²) < 4.78 is 7.20. The van der Waals surface area contributed by atoms with E-state index in [0.717, 1.165) is 35.4 Å². The number of anilines is 4. The summed E-state index contributed by atoms with van der Waals surface area (Å²) in [5.41, 5.74) is 1.97. The summed E-state index contributed by atoms with van der Waals surface area (Å²) in [5, 5.41) is 15.1. The quantitative estimate of drug-likeness (QED) is 0.218. The van der Waals surface area contributed by atoms with Gasteiger partial charge in [0.25, 0.3) is 0 Å². The maximum Gasteiger partial charge on any atom is 0.410 e. The van der Waals surface area contributed by atoms with Gasteiger partial charge < -0.3 is 25.6 Å². The Morgan fingerprint density at radius 1 is 1.16 bits per heavy atom. The summed E-state index contributed by atoms with van der Waals surface area (Å²) in [5.74, 6) is 8.09. The minimum absolute atomic E-state index is 0.246. The van der Waals surface area contributed by atoms with Crippen LogP contribution in [-0.2, 0) is 16.6 Å². The lowest BCUT2D eigenvalue weighted by atomic mass is 10.2. The van der Waals surface area contributed by atoms with Gasteiger partial charge in [-0.1, -0.05) is 18.8 Å². The van der Waals surface area contributed by atoms with Crippen LogP contribution in [0.1, 0.15) is 59.4 Å². The van der Waals surface area contributed by atoms with Gasteiger partial charge in [-0.15, -0.1) is 0 Å². The predicted octanol–water partition coefficient (Wildman–Crippen LogP) is 4.50. The molecule has 0 bridgehead atoms. The Morgan fingerprint density at radius 3 is 2.58 bits per heavy atom. The molecule has 3 aromatic rings. The van der Waals surface area contributed by atoms with Crippen molar-refractivity contribution in [2.75, 3.05) is 49.8 Å². The fourth-order valence-electron chi connectivity index (χ4n) is 4.06. The van der Waals surface area contributed by atoms with Crippen molar-refractivity contribution in [1.82, 2.24) is 30.0 Å². The van der Waals surface area contributed by atoms with E-state index in [-0.39, 0.29) is 5.91 Å². The molecule has 232 valence electrons. The molecule has 0 saturated carbocycles. The highest BCUT2D eigenvalue weighted by molar-refractivity contribution is 5.93. The minimum atomic E-state index is -0.654. The second-order valence-corrected chi connectivity index (χ2v) is 11.5. The Bertz CT molecular complexity index is 1480. The first-order valence-corrected chi connectivity index (χ1v) is 14.5. The van der Waals surface area contributed by atoms with Crippen LogP contribution in [0.2, 0.25) is 0 Å². The zero-order valence-electron chi connectivity index (χ0n) is 26.8. The van der Waals surface area contributed by atoms with Crippen molar-refractivity contribution in [3.05, 3.63) is 30.0 Å². The number of fused-ring (bicyclic) bond motifs is 1. The molecule has 0 spiro atoms. The topological polar surface area (TPSA) is 130 Å². The number of carbonyl (C=O) groups is 2. The Hall–Kier alpha value is -4.53. The number of nitrogens with one attached hydrogen (secondary N) is 3. The number of amides is 2. The molecule has 0 aliphatic heterocycles. The second kappa shape index (κ2) is 14.6. The van der Waals surface area contributed by atoms with E-state index in [1.54, 1.807) is 40.9 Å². The second-order valence-electron chi connectivity index (χ2n) is 11.5. The van der Waals surface area contributed by atoms with E-state index in [0.29, 0.717) is 36.7 Å². The van der Waals surface area contributed by atoms with E-state index in [1.807, 2.05) is 48.9 Å². The number of carbonyl (C=O) groups excluding carboxylic acids is 2. The summed E-state index contributed by atoms with van der Waals surface area (Å²) in [7, 11) is 7.43. The lowest BCUT2D eigenvalue weighted by Crippen LogP contribution is -2.47. The van der Waals surface area contributed by atoms with Crippen LogP contribution >= 0.6 is 0 Å². The molecule has 43 heavy (non-hydrogen) atoms. The van der Waals surface area contributed by atoms with Gasteiger partial charge >= 0.3 is 6.09 Å². The molecular formula is C31H45N9O3. The van der Waals surface area contributed by atoms with E-state index in [9.17, 15) is 9.59 Å². The third kappa shape index (κ3) is 9.23. The summed E-state index contributed by atoms with van der Waals surface area (Å²) in [6.45, 7) is 10.3. The zero-order chi connectivity index (χ0) is 31.7. The van der Waals surface area contributed by atoms with Crippen LogP contribution in [-0.4, -0.2) is 82.5 Å². The van der Waals surface area contributed by atoms with Crippen LogP contribution < -0.4 is 20.9 Å². The maximum absolute atomic E-state index is 12.5. The standard InChI is InChI=1S/C31H45N9O3/c1-10-17-32-26-22(14-12-11-13-18-33-28(41)21(2)39(8)30(42)43-31(3,4)5)20-34-29(36-26)35-23-15-16-25-24(19-23)27(38(6)7)37-40(25)9/h15-16,19-21H,10-11,13,17-18H2,1-9H3,(H,33,41)(H2,32,34,35,36)/t21-/m0/s1. The lowest BCUT2D eigenvalue weighted by molar-refractivity contribution is -0.125. The fourth-order valence-corrected chi connectivity index (χ4v) is 4.06. The molecule has 12 nitrogen and oxygen atoms in total. The molecule has 0 radical (unpaired) electrons. The Kier molecular flexibility index (Phi) is 11.2. The van der Waals surface area contributed by atoms with E-state index >= 15 is 0 Å². The van der Waals surface area contributed by atoms with Gasteiger partial charge in [0, 0.05) is 58.8 Å². The molecule has 0 aliphatic rings. The largest absolute Gasteiger partial charge is 0.444 e. The van der Waals surface area contributed by atoms with Crippen molar-refractivity contribution in [2.45, 2.75) is 65.5 Å². The molecule has 1 atom stereocenters. The SMILES string of the molecule is CCCNc1nc(Nc2ccc3c(c2)c(N(C)C)nn3C)ncc1C#CCCCNC(=O)[C@H](C)N(C)C(=O)OC(C)(C)C. The van der Waals surface area contributed by atoms with Crippen molar-refractivity contribution in [2.24, 2.45) is 7.05 Å². The number of likely N-dealkylation sites (N-methyl/N-ethyl adjacent to an activating group) is 1. The van der Waals surface area contributed by atoms with Crippen molar-refractivity contribution in [3.63, 3.8) is 0 Å². The average molecular weight is 592 g/mol. The minimum Gasteiger partial charge on any atom is -0.444 e. The van der Waals surface area contributed by atoms with Crippen LogP contribution in [0.25, 0.3) is 10.9 Å². The number of aromatic nitrogens is 4.